The van der Waals surface area contributed by atoms with E-state index in [1.807, 2.05) is 0 Å². The first kappa shape index (κ1) is 15.7. The number of hydrogen-bond donors (Lipinski definition) is 1. The van der Waals surface area contributed by atoms with E-state index < -0.39 is 11.4 Å². The Labute approximate surface area is 121 Å². The smallest absolute Gasteiger partial charge is 0.313 e. The van der Waals surface area contributed by atoms with Crippen LogP contribution in [-0.4, -0.2) is 72.9 Å². The van der Waals surface area contributed by atoms with Gasteiger partial charge >= 0.3 is 5.97 Å². The van der Waals surface area contributed by atoms with Gasteiger partial charge in [0.05, 0.1) is 6.61 Å². The van der Waals surface area contributed by atoms with Gasteiger partial charge in [-0.3, -0.25) is 9.69 Å². The Balaban J connectivity index is 1.94. The predicted molar refractivity (Wildman–Crippen MR) is 77.9 cm³/mol. The number of likely N-dealkylation sites (tertiary alicyclic amines) is 1. The first-order chi connectivity index (χ1) is 9.61. The number of carbonyl (C=O) groups is 1. The number of nitrogens with zero attached hydrogens (tertiary/aromatic N) is 2. The topological polar surface area (TPSA) is 53.0 Å². The van der Waals surface area contributed by atoms with Crippen LogP contribution in [-0.2, 0) is 9.53 Å². The third-order valence-corrected chi connectivity index (χ3v) is 4.88. The number of likely N-dealkylation sites (N-methyl/N-ethyl adjacent to an activating group) is 1. The third kappa shape index (κ3) is 3.32. The Kier molecular flexibility index (Phi) is 5.41. The summed E-state index contributed by atoms with van der Waals surface area (Å²) in [4.78, 5) is 16.5. The highest BCUT2D eigenvalue weighted by Gasteiger charge is 2.43. The lowest BCUT2D eigenvalue weighted by molar-refractivity contribution is -0.159. The molecule has 0 aromatic rings. The number of aliphatic carboxylic acids is 1. The van der Waals surface area contributed by atoms with E-state index in [0.29, 0.717) is 25.8 Å². The Morgan fingerprint density at radius 3 is 2.75 bits per heavy atom. The fraction of sp³-hybridized carbons (Fsp3) is 0.933. The number of rotatable bonds is 6. The summed E-state index contributed by atoms with van der Waals surface area (Å²) in [7, 11) is 0. The zero-order valence-electron chi connectivity index (χ0n) is 12.8. The zero-order valence-corrected chi connectivity index (χ0v) is 12.8. The molecular formula is C15H28N2O3. The SMILES string of the molecule is CCN(CC)C1CCN(CC2(C(=O)O)CCCOC2)C1. The summed E-state index contributed by atoms with van der Waals surface area (Å²) in [6, 6.07) is 0.584. The van der Waals surface area contributed by atoms with E-state index >= 15 is 0 Å². The van der Waals surface area contributed by atoms with Crippen LogP contribution >= 0.6 is 0 Å². The van der Waals surface area contributed by atoms with Crippen LogP contribution in [0.2, 0.25) is 0 Å². The molecule has 2 heterocycles. The van der Waals surface area contributed by atoms with E-state index in [-0.39, 0.29) is 0 Å². The Morgan fingerprint density at radius 2 is 2.20 bits per heavy atom. The van der Waals surface area contributed by atoms with Crippen LogP contribution in [0, 0.1) is 5.41 Å². The van der Waals surface area contributed by atoms with Gasteiger partial charge in [-0.2, -0.15) is 0 Å². The van der Waals surface area contributed by atoms with Crippen molar-refractivity contribution >= 4 is 5.97 Å². The van der Waals surface area contributed by atoms with Gasteiger partial charge in [0.1, 0.15) is 5.41 Å². The van der Waals surface area contributed by atoms with E-state index in [0.717, 1.165) is 45.4 Å². The lowest BCUT2D eigenvalue weighted by Gasteiger charge is -2.36. The van der Waals surface area contributed by atoms with Gasteiger partial charge in [0.2, 0.25) is 0 Å². The lowest BCUT2D eigenvalue weighted by atomic mass is 9.82. The number of hydrogen-bond acceptors (Lipinski definition) is 4. The summed E-state index contributed by atoms with van der Waals surface area (Å²) in [5.74, 6) is -0.691. The average molecular weight is 284 g/mol. The van der Waals surface area contributed by atoms with Gasteiger partial charge < -0.3 is 14.7 Å². The van der Waals surface area contributed by atoms with Crippen LogP contribution in [0.15, 0.2) is 0 Å². The van der Waals surface area contributed by atoms with Crippen molar-refractivity contribution < 1.29 is 14.6 Å². The summed E-state index contributed by atoms with van der Waals surface area (Å²) >= 11 is 0. The molecule has 5 nitrogen and oxygen atoms in total. The van der Waals surface area contributed by atoms with E-state index in [1.54, 1.807) is 0 Å². The molecule has 2 aliphatic heterocycles. The predicted octanol–water partition coefficient (Wildman–Crippen LogP) is 1.28. The molecule has 0 aromatic heterocycles. The highest BCUT2D eigenvalue weighted by atomic mass is 16.5. The minimum Gasteiger partial charge on any atom is -0.481 e. The standard InChI is InChI=1S/C15H28N2O3/c1-3-17(4-2)13-6-8-16(10-13)11-15(14(18)19)7-5-9-20-12-15/h13H,3-12H2,1-2H3,(H,18,19). The van der Waals surface area contributed by atoms with Crippen LogP contribution in [0.3, 0.4) is 0 Å². The second-order valence-corrected chi connectivity index (χ2v) is 6.14. The quantitative estimate of drug-likeness (QED) is 0.796. The molecule has 0 bridgehead atoms. The molecule has 2 rings (SSSR count). The van der Waals surface area contributed by atoms with Crippen LogP contribution in [0.5, 0.6) is 0 Å². The Bertz CT molecular complexity index is 325. The number of carboxylic acid groups (broad SMARTS) is 1. The maximum atomic E-state index is 11.7. The molecule has 1 N–H and O–H groups in total. The summed E-state index contributed by atoms with van der Waals surface area (Å²) in [5.41, 5.74) is -0.684. The molecule has 0 radical (unpaired) electrons. The summed E-state index contributed by atoms with van der Waals surface area (Å²) in [6.07, 6.45) is 2.76. The van der Waals surface area contributed by atoms with Crippen molar-refractivity contribution in [2.75, 3.05) is 45.9 Å². The Morgan fingerprint density at radius 1 is 1.45 bits per heavy atom. The van der Waals surface area contributed by atoms with Crippen molar-refractivity contribution in [3.63, 3.8) is 0 Å². The van der Waals surface area contributed by atoms with E-state index in [1.165, 1.54) is 0 Å². The zero-order chi connectivity index (χ0) is 14.6. The third-order valence-electron chi connectivity index (χ3n) is 4.88. The fourth-order valence-electron chi connectivity index (χ4n) is 3.64. The minimum absolute atomic E-state index is 0.370. The molecule has 2 atom stereocenters. The van der Waals surface area contributed by atoms with Gasteiger partial charge in [0.25, 0.3) is 0 Å². The highest BCUT2D eigenvalue weighted by molar-refractivity contribution is 5.75. The number of carboxylic acids is 1. The fourth-order valence-corrected chi connectivity index (χ4v) is 3.64. The van der Waals surface area contributed by atoms with Gasteiger partial charge in [0, 0.05) is 25.7 Å². The highest BCUT2D eigenvalue weighted by Crippen LogP contribution is 2.31. The largest absolute Gasteiger partial charge is 0.481 e. The molecule has 2 aliphatic rings. The van der Waals surface area contributed by atoms with Gasteiger partial charge in [-0.05, 0) is 38.9 Å². The van der Waals surface area contributed by atoms with Gasteiger partial charge in [-0.1, -0.05) is 13.8 Å². The second-order valence-electron chi connectivity index (χ2n) is 6.14. The minimum atomic E-state index is -0.691. The Hall–Kier alpha value is -0.650. The molecule has 2 fully saturated rings. The van der Waals surface area contributed by atoms with E-state index in [9.17, 15) is 9.90 Å². The maximum Gasteiger partial charge on any atom is 0.313 e. The molecule has 0 saturated carbocycles. The van der Waals surface area contributed by atoms with Crippen molar-refractivity contribution in [2.24, 2.45) is 5.41 Å². The van der Waals surface area contributed by atoms with Crippen molar-refractivity contribution in [1.29, 1.82) is 0 Å². The summed E-state index contributed by atoms with van der Waals surface area (Å²) in [6.45, 7) is 10.3. The maximum absolute atomic E-state index is 11.7. The normalized spacial score (nSPS) is 31.9. The van der Waals surface area contributed by atoms with Crippen molar-refractivity contribution in [2.45, 2.75) is 39.2 Å². The van der Waals surface area contributed by atoms with Crippen molar-refractivity contribution in [1.82, 2.24) is 9.80 Å². The van der Waals surface area contributed by atoms with Crippen LogP contribution in [0.4, 0.5) is 0 Å². The van der Waals surface area contributed by atoms with Crippen LogP contribution < -0.4 is 0 Å². The molecule has 2 saturated heterocycles. The molecule has 0 spiro atoms. The average Bonchev–Trinajstić information content (AvgIpc) is 2.89. The number of ether oxygens (including phenoxy) is 1. The second kappa shape index (κ2) is 6.87. The van der Waals surface area contributed by atoms with Gasteiger partial charge in [0.15, 0.2) is 0 Å². The molecule has 5 heteroatoms. The van der Waals surface area contributed by atoms with Crippen LogP contribution in [0.25, 0.3) is 0 Å². The van der Waals surface area contributed by atoms with Crippen LogP contribution in [0.1, 0.15) is 33.1 Å². The lowest BCUT2D eigenvalue weighted by Crippen LogP contribution is -2.48. The van der Waals surface area contributed by atoms with Crippen molar-refractivity contribution in [3.8, 4) is 0 Å². The van der Waals surface area contributed by atoms with E-state index in [4.69, 9.17) is 4.74 Å². The first-order valence-electron chi connectivity index (χ1n) is 7.89. The molecule has 0 aliphatic carbocycles. The van der Waals surface area contributed by atoms with Gasteiger partial charge in [-0.25, -0.2) is 0 Å². The molecule has 0 aromatic carbocycles. The summed E-state index contributed by atoms with van der Waals surface area (Å²) in [5, 5.41) is 9.60. The molecule has 20 heavy (non-hydrogen) atoms. The molecule has 0 amide bonds. The van der Waals surface area contributed by atoms with Gasteiger partial charge in [-0.15, -0.1) is 0 Å². The summed E-state index contributed by atoms with van der Waals surface area (Å²) < 4.78 is 5.46. The van der Waals surface area contributed by atoms with Crippen molar-refractivity contribution in [3.05, 3.63) is 0 Å². The molecule has 2 unspecified atom stereocenters. The molecular weight excluding hydrogens is 256 g/mol. The first-order valence-corrected chi connectivity index (χ1v) is 7.89. The van der Waals surface area contributed by atoms with E-state index in [2.05, 4.69) is 23.6 Å². The molecule has 116 valence electrons. The monoisotopic (exact) mass is 284 g/mol.